The number of sulfone groups is 2. The Labute approximate surface area is 161 Å². The summed E-state index contributed by atoms with van der Waals surface area (Å²) < 4.78 is 102. The number of benzene rings is 2. The van der Waals surface area contributed by atoms with Crippen LogP contribution in [0.5, 0.6) is 0 Å². The summed E-state index contributed by atoms with van der Waals surface area (Å²) in [5.74, 6) is -2.80. The monoisotopic (exact) mass is 451 g/mol. The van der Waals surface area contributed by atoms with Crippen molar-refractivity contribution in [2.75, 3.05) is 16.2 Å². The number of halogens is 2. The summed E-state index contributed by atoms with van der Waals surface area (Å²) in [5.41, 5.74) is -0.503. The maximum absolute atomic E-state index is 13.7. The number of anilines is 1. The van der Waals surface area contributed by atoms with Gasteiger partial charge in [0.05, 0.1) is 32.2 Å². The van der Waals surface area contributed by atoms with Crippen molar-refractivity contribution < 1.29 is 34.0 Å². The normalized spacial score (nSPS) is 19.4. The van der Waals surface area contributed by atoms with Crippen LogP contribution in [0.1, 0.15) is 6.42 Å². The molecular formula is C16H15F2NO6S3. The molecule has 1 fully saturated rings. The van der Waals surface area contributed by atoms with Crippen molar-refractivity contribution in [3.63, 3.8) is 0 Å². The molecule has 1 unspecified atom stereocenters. The van der Waals surface area contributed by atoms with E-state index in [0.717, 1.165) is 30.3 Å². The minimum atomic E-state index is -4.37. The van der Waals surface area contributed by atoms with E-state index in [2.05, 4.69) is 0 Å². The summed E-state index contributed by atoms with van der Waals surface area (Å²) >= 11 is 0. The lowest BCUT2D eigenvalue weighted by Gasteiger charge is -2.13. The molecule has 0 spiro atoms. The first-order valence-corrected chi connectivity index (χ1v) is 12.8. The van der Waals surface area contributed by atoms with Gasteiger partial charge in [-0.2, -0.15) is 0 Å². The van der Waals surface area contributed by atoms with E-state index in [9.17, 15) is 34.0 Å². The Morgan fingerprint density at radius 1 is 0.964 bits per heavy atom. The van der Waals surface area contributed by atoms with Crippen molar-refractivity contribution in [2.24, 2.45) is 0 Å². The summed E-state index contributed by atoms with van der Waals surface area (Å²) in [5, 5.41) is -1.15. The second-order valence-corrected chi connectivity index (χ2v) is 12.4. The summed E-state index contributed by atoms with van der Waals surface area (Å²) in [7, 11) is -11.9. The van der Waals surface area contributed by atoms with Crippen LogP contribution in [0.3, 0.4) is 0 Å². The molecule has 1 aliphatic rings. The molecule has 1 N–H and O–H groups in total. The number of nitrogens with one attached hydrogen (secondary N) is 1. The number of hydrogen-bond acceptors (Lipinski definition) is 6. The van der Waals surface area contributed by atoms with E-state index < -0.39 is 62.9 Å². The van der Waals surface area contributed by atoms with Gasteiger partial charge in [0, 0.05) is 6.07 Å². The van der Waals surface area contributed by atoms with Crippen LogP contribution in [0, 0.1) is 11.6 Å². The van der Waals surface area contributed by atoms with Crippen LogP contribution in [0.2, 0.25) is 0 Å². The van der Waals surface area contributed by atoms with Crippen molar-refractivity contribution in [2.45, 2.75) is 21.5 Å². The topological polar surface area (TPSA) is 114 Å². The highest BCUT2D eigenvalue weighted by Gasteiger charge is 2.38. The molecule has 0 bridgehead atoms. The van der Waals surface area contributed by atoms with E-state index in [1.54, 1.807) is 0 Å². The van der Waals surface area contributed by atoms with Crippen LogP contribution in [-0.2, 0) is 29.7 Å². The third kappa shape index (κ3) is 4.18. The average Bonchev–Trinajstić information content (AvgIpc) is 2.98. The molecule has 0 amide bonds. The molecule has 7 nitrogen and oxygen atoms in total. The molecule has 1 atom stereocenters. The van der Waals surface area contributed by atoms with Crippen molar-refractivity contribution >= 4 is 35.4 Å². The molecule has 152 valence electrons. The molecular weight excluding hydrogens is 436 g/mol. The van der Waals surface area contributed by atoms with Crippen LogP contribution in [-0.4, -0.2) is 42.0 Å². The van der Waals surface area contributed by atoms with Gasteiger partial charge in [0.15, 0.2) is 19.7 Å². The highest BCUT2D eigenvalue weighted by molar-refractivity contribution is 7.96. The maximum Gasteiger partial charge on any atom is 0.262 e. The van der Waals surface area contributed by atoms with Gasteiger partial charge >= 0.3 is 0 Å². The van der Waals surface area contributed by atoms with E-state index in [1.807, 2.05) is 4.72 Å². The zero-order chi connectivity index (χ0) is 20.7. The smallest absolute Gasteiger partial charge is 0.262 e. The molecule has 28 heavy (non-hydrogen) atoms. The molecule has 2 aromatic rings. The Balaban J connectivity index is 1.94. The van der Waals surface area contributed by atoms with Gasteiger partial charge in [-0.15, -0.1) is 0 Å². The first kappa shape index (κ1) is 20.7. The molecule has 0 aliphatic carbocycles. The van der Waals surface area contributed by atoms with E-state index >= 15 is 0 Å². The lowest BCUT2D eigenvalue weighted by Crippen LogP contribution is -2.23. The maximum atomic E-state index is 13.7. The van der Waals surface area contributed by atoms with Gasteiger partial charge in [0.1, 0.15) is 11.6 Å². The van der Waals surface area contributed by atoms with E-state index in [0.29, 0.717) is 6.07 Å². The van der Waals surface area contributed by atoms with E-state index in [1.165, 1.54) is 6.07 Å². The summed E-state index contributed by atoms with van der Waals surface area (Å²) in [4.78, 5) is -0.810. The summed E-state index contributed by atoms with van der Waals surface area (Å²) in [6.07, 6.45) is -0.0688. The van der Waals surface area contributed by atoms with E-state index in [-0.39, 0.29) is 17.1 Å². The van der Waals surface area contributed by atoms with Crippen molar-refractivity contribution in [3.8, 4) is 0 Å². The average molecular weight is 451 g/mol. The fourth-order valence-corrected chi connectivity index (χ4v) is 8.38. The largest absolute Gasteiger partial charge is 0.277 e. The molecule has 0 saturated carbocycles. The third-order valence-electron chi connectivity index (χ3n) is 4.25. The quantitative estimate of drug-likeness (QED) is 0.741. The molecule has 12 heteroatoms. The molecule has 0 aromatic heterocycles. The Bertz CT molecular complexity index is 1240. The van der Waals surface area contributed by atoms with Crippen LogP contribution in [0.15, 0.2) is 52.3 Å². The molecule has 1 saturated heterocycles. The summed E-state index contributed by atoms with van der Waals surface area (Å²) in [6, 6.07) is 6.59. The molecule has 1 heterocycles. The lowest BCUT2D eigenvalue weighted by molar-refractivity contribution is 0.580. The van der Waals surface area contributed by atoms with Crippen LogP contribution < -0.4 is 4.72 Å². The Hall–Kier alpha value is -2.05. The minimum Gasteiger partial charge on any atom is -0.277 e. The Morgan fingerprint density at radius 2 is 1.64 bits per heavy atom. The Kier molecular flexibility index (Phi) is 5.23. The van der Waals surface area contributed by atoms with Gasteiger partial charge in [-0.05, 0) is 36.8 Å². The standard InChI is InChI=1S/C16H15F2NO6S3/c17-11-4-5-16(15(18)8-11)19-28(24,25)13-3-1-2-12(9-13)27(22,23)14-6-7-26(20,21)10-14/h1-5,8-9,14,19H,6-7,10H2. The second kappa shape index (κ2) is 7.08. The summed E-state index contributed by atoms with van der Waals surface area (Å²) in [6.45, 7) is 0. The zero-order valence-electron chi connectivity index (χ0n) is 14.2. The first-order valence-electron chi connectivity index (χ1n) is 7.93. The molecule has 2 aromatic carbocycles. The third-order valence-corrected chi connectivity index (χ3v) is 9.78. The van der Waals surface area contributed by atoms with Gasteiger partial charge in [0.2, 0.25) is 0 Å². The van der Waals surface area contributed by atoms with Crippen molar-refractivity contribution in [1.29, 1.82) is 0 Å². The van der Waals surface area contributed by atoms with Gasteiger partial charge in [-0.3, -0.25) is 4.72 Å². The highest BCUT2D eigenvalue weighted by atomic mass is 32.2. The van der Waals surface area contributed by atoms with Gasteiger partial charge in [-0.25, -0.2) is 34.0 Å². The van der Waals surface area contributed by atoms with Gasteiger partial charge < -0.3 is 0 Å². The predicted molar refractivity (Wildman–Crippen MR) is 97.9 cm³/mol. The second-order valence-electron chi connectivity index (χ2n) is 6.27. The SMILES string of the molecule is O=S1(=O)CCC(S(=O)(=O)c2cccc(S(=O)(=O)Nc3ccc(F)cc3F)c2)C1. The van der Waals surface area contributed by atoms with Crippen LogP contribution in [0.4, 0.5) is 14.5 Å². The molecule has 1 aliphatic heterocycles. The van der Waals surface area contributed by atoms with Crippen molar-refractivity contribution in [1.82, 2.24) is 0 Å². The molecule has 0 radical (unpaired) electrons. The first-order chi connectivity index (χ1) is 12.9. The van der Waals surface area contributed by atoms with Crippen LogP contribution in [0.25, 0.3) is 0 Å². The number of hydrogen-bond donors (Lipinski definition) is 1. The lowest BCUT2D eigenvalue weighted by atomic mass is 10.3. The van der Waals surface area contributed by atoms with E-state index in [4.69, 9.17) is 0 Å². The minimum absolute atomic E-state index is 0.0688. The fourth-order valence-electron chi connectivity index (χ4n) is 2.79. The van der Waals surface area contributed by atoms with Crippen LogP contribution >= 0.6 is 0 Å². The van der Waals surface area contributed by atoms with Gasteiger partial charge in [0.25, 0.3) is 10.0 Å². The van der Waals surface area contributed by atoms with Crippen molar-refractivity contribution in [3.05, 3.63) is 54.1 Å². The zero-order valence-corrected chi connectivity index (χ0v) is 16.6. The fraction of sp³-hybridized carbons (Fsp3) is 0.250. The number of sulfonamides is 1. The molecule has 3 rings (SSSR count). The van der Waals surface area contributed by atoms with Gasteiger partial charge in [-0.1, -0.05) is 6.07 Å². The Morgan fingerprint density at radius 3 is 2.25 bits per heavy atom. The highest BCUT2D eigenvalue weighted by Crippen LogP contribution is 2.27. The number of rotatable bonds is 5. The predicted octanol–water partition coefficient (Wildman–Crippen LogP) is 1.73.